The lowest BCUT2D eigenvalue weighted by atomic mass is 10.1. The number of thiophene rings is 1. The Morgan fingerprint density at radius 2 is 1.89 bits per heavy atom. The van der Waals surface area contributed by atoms with Crippen molar-refractivity contribution < 1.29 is 0 Å². The molecule has 0 bridgehead atoms. The third-order valence-corrected chi connectivity index (χ3v) is 6.26. The van der Waals surface area contributed by atoms with Crippen LogP contribution in [0.15, 0.2) is 47.8 Å². The van der Waals surface area contributed by atoms with Crippen molar-refractivity contribution in [2.24, 2.45) is 0 Å². The first-order valence-corrected chi connectivity index (χ1v) is 10.1. The molecule has 144 valence electrons. The third-order valence-electron chi connectivity index (χ3n) is 5.16. The van der Waals surface area contributed by atoms with Gasteiger partial charge in [-0.25, -0.2) is 9.97 Å². The SMILES string of the molecule is Cc1sc2nc([C@H](C)N[C@H](C)c3ccc(-n4ccnc4)cc3)[nH]c(=O)c2c1C. The average molecular weight is 394 g/mol. The van der Waals surface area contributed by atoms with Gasteiger partial charge in [0.15, 0.2) is 0 Å². The standard InChI is InChI=1S/C21H23N5OS/c1-12-15(4)28-21-18(12)20(27)24-19(25-21)14(3)23-13(2)16-5-7-17(8-6-16)26-10-9-22-11-26/h5-11,13-14,23H,1-4H3,(H,24,25,27)/t13-,14+/m1/s1. The molecule has 28 heavy (non-hydrogen) atoms. The summed E-state index contributed by atoms with van der Waals surface area (Å²) in [5.74, 6) is 0.667. The number of aryl methyl sites for hydroxylation is 2. The van der Waals surface area contributed by atoms with Crippen LogP contribution in [-0.2, 0) is 0 Å². The van der Waals surface area contributed by atoms with E-state index in [9.17, 15) is 4.79 Å². The van der Waals surface area contributed by atoms with Gasteiger partial charge < -0.3 is 14.9 Å². The van der Waals surface area contributed by atoms with Crippen molar-refractivity contribution in [1.29, 1.82) is 0 Å². The maximum atomic E-state index is 12.5. The number of imidazole rings is 1. The van der Waals surface area contributed by atoms with Crippen molar-refractivity contribution in [2.75, 3.05) is 0 Å². The summed E-state index contributed by atoms with van der Waals surface area (Å²) in [7, 11) is 0. The van der Waals surface area contributed by atoms with E-state index in [0.29, 0.717) is 11.2 Å². The number of nitrogens with one attached hydrogen (secondary N) is 2. The largest absolute Gasteiger partial charge is 0.309 e. The Hall–Kier alpha value is -2.77. The van der Waals surface area contributed by atoms with Gasteiger partial charge in [-0.05, 0) is 51.0 Å². The van der Waals surface area contributed by atoms with Crippen LogP contribution >= 0.6 is 11.3 Å². The van der Waals surface area contributed by atoms with E-state index < -0.39 is 0 Å². The Balaban J connectivity index is 1.54. The van der Waals surface area contributed by atoms with E-state index in [0.717, 1.165) is 21.0 Å². The lowest BCUT2D eigenvalue weighted by Crippen LogP contribution is -2.26. The van der Waals surface area contributed by atoms with E-state index in [1.54, 1.807) is 23.9 Å². The van der Waals surface area contributed by atoms with Crippen molar-refractivity contribution in [3.05, 3.63) is 75.2 Å². The molecule has 0 saturated carbocycles. The second-order valence-corrected chi connectivity index (χ2v) is 8.29. The van der Waals surface area contributed by atoms with Crippen molar-refractivity contribution >= 4 is 21.6 Å². The molecule has 3 heterocycles. The van der Waals surface area contributed by atoms with E-state index in [4.69, 9.17) is 4.98 Å². The van der Waals surface area contributed by atoms with E-state index in [1.807, 2.05) is 31.5 Å². The second-order valence-electron chi connectivity index (χ2n) is 7.09. The van der Waals surface area contributed by atoms with Crippen LogP contribution in [0, 0.1) is 13.8 Å². The lowest BCUT2D eigenvalue weighted by molar-refractivity contribution is 0.477. The number of H-pyrrole nitrogens is 1. The van der Waals surface area contributed by atoms with Crippen LogP contribution < -0.4 is 10.9 Å². The van der Waals surface area contributed by atoms with Crippen LogP contribution in [0.4, 0.5) is 0 Å². The molecule has 6 nitrogen and oxygen atoms in total. The highest BCUT2D eigenvalue weighted by molar-refractivity contribution is 7.18. The molecule has 7 heteroatoms. The van der Waals surface area contributed by atoms with Crippen molar-refractivity contribution in [2.45, 2.75) is 39.8 Å². The second kappa shape index (κ2) is 7.33. The molecule has 0 aliphatic heterocycles. The maximum absolute atomic E-state index is 12.5. The Morgan fingerprint density at radius 1 is 1.14 bits per heavy atom. The van der Waals surface area contributed by atoms with E-state index in [2.05, 4.69) is 46.5 Å². The summed E-state index contributed by atoms with van der Waals surface area (Å²) in [5, 5.41) is 4.24. The molecule has 0 amide bonds. The highest BCUT2D eigenvalue weighted by Crippen LogP contribution is 2.27. The van der Waals surface area contributed by atoms with E-state index in [1.165, 1.54) is 5.56 Å². The van der Waals surface area contributed by atoms with Crippen LogP contribution in [0.5, 0.6) is 0 Å². The van der Waals surface area contributed by atoms with Gasteiger partial charge in [-0.1, -0.05) is 12.1 Å². The number of nitrogens with zero attached hydrogens (tertiary/aromatic N) is 3. The molecule has 0 radical (unpaired) electrons. The molecule has 0 fully saturated rings. The summed E-state index contributed by atoms with van der Waals surface area (Å²) >= 11 is 1.57. The van der Waals surface area contributed by atoms with Crippen LogP contribution in [0.3, 0.4) is 0 Å². The Morgan fingerprint density at radius 3 is 2.57 bits per heavy atom. The van der Waals surface area contributed by atoms with Crippen LogP contribution in [0.2, 0.25) is 0 Å². The number of fused-ring (bicyclic) bond motifs is 1. The topological polar surface area (TPSA) is 75.6 Å². The fourth-order valence-electron chi connectivity index (χ4n) is 3.37. The quantitative estimate of drug-likeness (QED) is 0.533. The summed E-state index contributed by atoms with van der Waals surface area (Å²) in [4.78, 5) is 26.2. The van der Waals surface area contributed by atoms with Crippen molar-refractivity contribution in [3.63, 3.8) is 0 Å². The number of aromatic nitrogens is 4. The maximum Gasteiger partial charge on any atom is 0.259 e. The predicted octanol–water partition coefficient (Wildman–Crippen LogP) is 4.20. The first kappa shape index (κ1) is 18.6. The minimum Gasteiger partial charge on any atom is -0.309 e. The van der Waals surface area contributed by atoms with Crippen LogP contribution in [0.1, 0.15) is 47.8 Å². The van der Waals surface area contributed by atoms with Crippen LogP contribution in [0.25, 0.3) is 15.9 Å². The van der Waals surface area contributed by atoms with Crippen LogP contribution in [-0.4, -0.2) is 19.5 Å². The molecule has 0 saturated heterocycles. The number of hydrogen-bond donors (Lipinski definition) is 2. The molecule has 4 rings (SSSR count). The molecule has 4 aromatic rings. The van der Waals surface area contributed by atoms with Gasteiger partial charge in [0.25, 0.3) is 5.56 Å². The molecule has 3 aromatic heterocycles. The fourth-order valence-corrected chi connectivity index (χ4v) is 4.41. The third kappa shape index (κ3) is 3.39. The summed E-state index contributed by atoms with van der Waals surface area (Å²) in [6.07, 6.45) is 5.47. The normalized spacial score (nSPS) is 13.7. The summed E-state index contributed by atoms with van der Waals surface area (Å²) in [6.45, 7) is 8.13. The minimum absolute atomic E-state index is 0.0622. The van der Waals surface area contributed by atoms with E-state index in [-0.39, 0.29) is 17.6 Å². The molecule has 2 N–H and O–H groups in total. The molecule has 0 aliphatic rings. The summed E-state index contributed by atoms with van der Waals surface area (Å²) in [6, 6.07) is 8.38. The van der Waals surface area contributed by atoms with Gasteiger partial charge in [0.2, 0.25) is 0 Å². The predicted molar refractivity (Wildman–Crippen MR) is 113 cm³/mol. The number of aromatic amines is 1. The minimum atomic E-state index is -0.0804. The number of benzene rings is 1. The molecule has 0 aliphatic carbocycles. The van der Waals surface area contributed by atoms with Gasteiger partial charge in [-0.15, -0.1) is 11.3 Å². The highest BCUT2D eigenvalue weighted by atomic mass is 32.1. The van der Waals surface area contributed by atoms with Crippen molar-refractivity contribution in [1.82, 2.24) is 24.8 Å². The zero-order chi connectivity index (χ0) is 19.8. The monoisotopic (exact) mass is 393 g/mol. The van der Waals surface area contributed by atoms with Gasteiger partial charge in [-0.3, -0.25) is 4.79 Å². The first-order chi connectivity index (χ1) is 13.4. The van der Waals surface area contributed by atoms with E-state index >= 15 is 0 Å². The fraction of sp³-hybridized carbons (Fsp3) is 0.286. The average Bonchev–Trinajstić information content (AvgIpc) is 3.31. The molecule has 0 unspecified atom stereocenters. The highest BCUT2D eigenvalue weighted by Gasteiger charge is 2.17. The lowest BCUT2D eigenvalue weighted by Gasteiger charge is -2.20. The van der Waals surface area contributed by atoms with Gasteiger partial charge in [0.05, 0.1) is 17.8 Å². The van der Waals surface area contributed by atoms with Gasteiger partial charge >= 0.3 is 0 Å². The summed E-state index contributed by atoms with van der Waals surface area (Å²) in [5.41, 5.74) is 3.20. The molecule has 0 spiro atoms. The molecule has 1 aromatic carbocycles. The number of hydrogen-bond acceptors (Lipinski definition) is 5. The first-order valence-electron chi connectivity index (χ1n) is 9.28. The van der Waals surface area contributed by atoms with Gasteiger partial charge in [0.1, 0.15) is 10.7 Å². The van der Waals surface area contributed by atoms with Gasteiger partial charge in [-0.2, -0.15) is 0 Å². The Kier molecular flexibility index (Phi) is 4.87. The molecular weight excluding hydrogens is 370 g/mol. The zero-order valence-corrected chi connectivity index (χ0v) is 17.2. The Labute approximate surface area is 167 Å². The molecular formula is C21H23N5OS. The smallest absolute Gasteiger partial charge is 0.259 e. The molecule has 2 atom stereocenters. The zero-order valence-electron chi connectivity index (χ0n) is 16.4. The Bertz CT molecular complexity index is 1160. The summed E-state index contributed by atoms with van der Waals surface area (Å²) < 4.78 is 1.97. The van der Waals surface area contributed by atoms with Gasteiger partial charge in [0, 0.05) is 29.0 Å². The number of rotatable bonds is 5. The van der Waals surface area contributed by atoms with Crippen molar-refractivity contribution in [3.8, 4) is 5.69 Å².